The third kappa shape index (κ3) is 1.50. The monoisotopic (exact) mass is 227 g/mol. The van der Waals surface area contributed by atoms with Crippen LogP contribution in [0.1, 0.15) is 5.69 Å². The van der Waals surface area contributed by atoms with Gasteiger partial charge in [0.15, 0.2) is 11.5 Å². The molecule has 6 heteroatoms. The van der Waals surface area contributed by atoms with E-state index >= 15 is 0 Å². The molecule has 0 bridgehead atoms. The van der Waals surface area contributed by atoms with Crippen molar-refractivity contribution in [3.05, 3.63) is 46.8 Å². The summed E-state index contributed by atoms with van der Waals surface area (Å²) in [5.74, 6) is 0.635. The lowest BCUT2D eigenvalue weighted by Gasteiger charge is -2.02. The Hall–Kier alpha value is -2.50. The summed E-state index contributed by atoms with van der Waals surface area (Å²) < 4.78 is 1.56. The van der Waals surface area contributed by atoms with E-state index in [0.29, 0.717) is 16.9 Å². The molecular weight excluding hydrogens is 218 g/mol. The zero-order valence-corrected chi connectivity index (χ0v) is 9.08. The fraction of sp³-hybridized carbons (Fsp3) is 0.0909. The minimum atomic E-state index is -0.219. The number of rotatable bonds is 1. The van der Waals surface area contributed by atoms with Crippen molar-refractivity contribution in [1.29, 1.82) is 0 Å². The van der Waals surface area contributed by atoms with Crippen molar-refractivity contribution in [1.82, 2.24) is 24.7 Å². The van der Waals surface area contributed by atoms with Crippen LogP contribution in [0.3, 0.4) is 0 Å². The summed E-state index contributed by atoms with van der Waals surface area (Å²) in [6.45, 7) is 1.89. The summed E-state index contributed by atoms with van der Waals surface area (Å²) in [6, 6.07) is 5.58. The number of hydrogen-bond acceptors (Lipinski definition) is 4. The van der Waals surface area contributed by atoms with Gasteiger partial charge >= 0.3 is 0 Å². The highest BCUT2D eigenvalue weighted by molar-refractivity contribution is 5.74. The smallest absolute Gasteiger partial charge is 0.267 e. The van der Waals surface area contributed by atoms with Gasteiger partial charge in [-0.15, -0.1) is 0 Å². The van der Waals surface area contributed by atoms with Gasteiger partial charge in [0.05, 0.1) is 0 Å². The van der Waals surface area contributed by atoms with E-state index in [2.05, 4.69) is 20.1 Å². The van der Waals surface area contributed by atoms with Crippen LogP contribution in [-0.4, -0.2) is 24.7 Å². The summed E-state index contributed by atoms with van der Waals surface area (Å²) in [5.41, 5.74) is 1.19. The molecule has 0 amide bonds. The zero-order chi connectivity index (χ0) is 11.8. The Labute approximate surface area is 96.0 Å². The van der Waals surface area contributed by atoms with Gasteiger partial charge in [-0.3, -0.25) is 9.89 Å². The molecule has 0 radical (unpaired) electrons. The number of H-pyrrole nitrogens is 1. The number of aromatic amines is 1. The number of aromatic nitrogens is 5. The number of hydrogen-bond donors (Lipinski definition) is 1. The molecule has 0 unspecified atom stereocenters. The minimum absolute atomic E-state index is 0.219. The molecule has 0 aromatic carbocycles. The molecule has 0 spiro atoms. The lowest BCUT2D eigenvalue weighted by atomic mass is 10.4. The summed E-state index contributed by atoms with van der Waals surface area (Å²) in [6.07, 6.45) is 2.90. The Kier molecular flexibility index (Phi) is 2.01. The largest absolute Gasteiger partial charge is 0.275 e. The van der Waals surface area contributed by atoms with Gasteiger partial charge in [-0.1, -0.05) is 6.07 Å². The third-order valence-electron chi connectivity index (χ3n) is 2.46. The van der Waals surface area contributed by atoms with Crippen molar-refractivity contribution in [2.75, 3.05) is 0 Å². The van der Waals surface area contributed by atoms with Gasteiger partial charge in [-0.2, -0.15) is 0 Å². The average Bonchev–Trinajstić information content (AvgIpc) is 2.68. The first kappa shape index (κ1) is 9.71. The van der Waals surface area contributed by atoms with Crippen LogP contribution in [0, 0.1) is 6.92 Å². The highest BCUT2D eigenvalue weighted by atomic mass is 16.1. The molecular formula is C11H9N5O. The van der Waals surface area contributed by atoms with Crippen molar-refractivity contribution >= 4 is 11.0 Å². The molecule has 0 aliphatic heterocycles. The van der Waals surface area contributed by atoms with Gasteiger partial charge in [0.1, 0.15) is 11.7 Å². The fourth-order valence-corrected chi connectivity index (χ4v) is 1.70. The van der Waals surface area contributed by atoms with Crippen LogP contribution in [0.5, 0.6) is 0 Å². The maximum atomic E-state index is 11.7. The normalized spacial score (nSPS) is 10.9. The second kappa shape index (κ2) is 3.51. The summed E-state index contributed by atoms with van der Waals surface area (Å²) in [7, 11) is 0. The number of pyridine rings is 1. The highest BCUT2D eigenvalue weighted by Crippen LogP contribution is 2.10. The molecule has 3 rings (SSSR count). The molecule has 0 fully saturated rings. The SMILES string of the molecule is Cc1cccc(-n2[nH]c(=O)c3cncnc32)n1. The molecule has 84 valence electrons. The second-order valence-electron chi connectivity index (χ2n) is 3.67. The Balaban J connectivity index is 2.35. The van der Waals surface area contributed by atoms with Crippen molar-refractivity contribution in [2.24, 2.45) is 0 Å². The molecule has 3 heterocycles. The quantitative estimate of drug-likeness (QED) is 0.667. The van der Waals surface area contributed by atoms with Crippen molar-refractivity contribution < 1.29 is 0 Å². The van der Waals surface area contributed by atoms with Gasteiger partial charge in [0, 0.05) is 11.9 Å². The Bertz CT molecular complexity index is 743. The van der Waals surface area contributed by atoms with E-state index in [0.717, 1.165) is 5.69 Å². The standard InChI is InChI=1S/C11H9N5O/c1-7-3-2-4-9(14-7)16-10-8(11(17)15-16)5-12-6-13-10/h2-6H,1H3,(H,15,17). The predicted octanol–water partition coefficient (Wildman–Crippen LogP) is 0.812. The molecule has 0 saturated carbocycles. The van der Waals surface area contributed by atoms with Gasteiger partial charge in [0.2, 0.25) is 0 Å². The van der Waals surface area contributed by atoms with Crippen LogP contribution in [0.2, 0.25) is 0 Å². The third-order valence-corrected chi connectivity index (χ3v) is 2.46. The van der Waals surface area contributed by atoms with Crippen LogP contribution in [0.25, 0.3) is 16.9 Å². The fourth-order valence-electron chi connectivity index (χ4n) is 1.70. The molecule has 0 saturated heterocycles. The van der Waals surface area contributed by atoms with E-state index < -0.39 is 0 Å². The topological polar surface area (TPSA) is 76.5 Å². The van der Waals surface area contributed by atoms with E-state index in [4.69, 9.17) is 0 Å². The Morgan fingerprint density at radius 3 is 3.06 bits per heavy atom. The van der Waals surface area contributed by atoms with E-state index in [9.17, 15) is 4.79 Å². The summed E-state index contributed by atoms with van der Waals surface area (Å²) in [5, 5.41) is 3.15. The van der Waals surface area contributed by atoms with E-state index in [1.807, 2.05) is 25.1 Å². The van der Waals surface area contributed by atoms with Gasteiger partial charge < -0.3 is 0 Å². The average molecular weight is 227 g/mol. The van der Waals surface area contributed by atoms with Crippen LogP contribution < -0.4 is 5.56 Å². The number of nitrogens with zero attached hydrogens (tertiary/aromatic N) is 4. The lowest BCUT2D eigenvalue weighted by molar-refractivity contribution is 0.841. The summed E-state index contributed by atoms with van der Waals surface area (Å²) >= 11 is 0. The lowest BCUT2D eigenvalue weighted by Crippen LogP contribution is -2.05. The molecule has 1 N–H and O–H groups in total. The maximum absolute atomic E-state index is 11.7. The molecule has 6 nitrogen and oxygen atoms in total. The number of aryl methyl sites for hydroxylation is 1. The van der Waals surface area contributed by atoms with Crippen molar-refractivity contribution in [2.45, 2.75) is 6.92 Å². The van der Waals surface area contributed by atoms with Gasteiger partial charge in [0.25, 0.3) is 5.56 Å². The summed E-state index contributed by atoms with van der Waals surface area (Å²) in [4.78, 5) is 23.9. The highest BCUT2D eigenvalue weighted by Gasteiger charge is 2.09. The predicted molar refractivity (Wildman–Crippen MR) is 62.0 cm³/mol. The Morgan fingerprint density at radius 2 is 2.24 bits per heavy atom. The first-order valence-electron chi connectivity index (χ1n) is 5.10. The molecule has 17 heavy (non-hydrogen) atoms. The molecule has 0 aliphatic rings. The minimum Gasteiger partial charge on any atom is -0.267 e. The van der Waals surface area contributed by atoms with Gasteiger partial charge in [-0.25, -0.2) is 19.6 Å². The number of nitrogens with one attached hydrogen (secondary N) is 1. The second-order valence-corrected chi connectivity index (χ2v) is 3.67. The molecule has 3 aromatic rings. The number of fused-ring (bicyclic) bond motifs is 1. The molecule has 3 aromatic heterocycles. The molecule has 0 atom stereocenters. The van der Waals surface area contributed by atoms with E-state index in [-0.39, 0.29) is 5.56 Å². The first-order valence-corrected chi connectivity index (χ1v) is 5.10. The zero-order valence-electron chi connectivity index (χ0n) is 9.08. The van der Waals surface area contributed by atoms with E-state index in [1.165, 1.54) is 12.5 Å². The Morgan fingerprint density at radius 1 is 1.35 bits per heavy atom. The van der Waals surface area contributed by atoms with Crippen LogP contribution in [0.15, 0.2) is 35.5 Å². The molecule has 0 aliphatic carbocycles. The van der Waals surface area contributed by atoms with Crippen molar-refractivity contribution in [3.63, 3.8) is 0 Å². The van der Waals surface area contributed by atoms with Crippen LogP contribution in [0.4, 0.5) is 0 Å². The van der Waals surface area contributed by atoms with Crippen LogP contribution in [-0.2, 0) is 0 Å². The first-order chi connectivity index (χ1) is 8.25. The maximum Gasteiger partial charge on any atom is 0.275 e. The van der Waals surface area contributed by atoms with Gasteiger partial charge in [-0.05, 0) is 19.1 Å². The van der Waals surface area contributed by atoms with Crippen LogP contribution >= 0.6 is 0 Å². The van der Waals surface area contributed by atoms with Crippen molar-refractivity contribution in [3.8, 4) is 5.82 Å². The van der Waals surface area contributed by atoms with E-state index in [1.54, 1.807) is 4.68 Å².